The summed E-state index contributed by atoms with van der Waals surface area (Å²) in [5, 5.41) is 0. The summed E-state index contributed by atoms with van der Waals surface area (Å²) >= 11 is 0. The van der Waals surface area contributed by atoms with Gasteiger partial charge in [0.1, 0.15) is 12.1 Å². The maximum atomic E-state index is 13.7. The third-order valence-corrected chi connectivity index (χ3v) is 4.95. The van der Waals surface area contributed by atoms with Crippen LogP contribution in [0.25, 0.3) is 0 Å². The average molecular weight is 286 g/mol. The summed E-state index contributed by atoms with van der Waals surface area (Å²) in [6.07, 6.45) is 1.42. The number of aldehydes is 1. The molecule has 0 saturated carbocycles. The lowest BCUT2D eigenvalue weighted by atomic mass is 10.3. The molecule has 2 rings (SSSR count). The molecule has 1 aromatic carbocycles. The normalized spacial score (nSPS) is 19.3. The third kappa shape index (κ3) is 2.76. The first-order chi connectivity index (χ1) is 9.07. The standard InChI is InChI=1S/C12H15FN2O3S/c13-11-5-1-2-6-12(11)15-9-3-7-14(8-4-10-16)19(15,17)18/h1-2,5-6,10H,3-4,7-9H2. The summed E-state index contributed by atoms with van der Waals surface area (Å²) in [5.74, 6) is -0.566. The molecule has 0 spiro atoms. The number of anilines is 1. The van der Waals surface area contributed by atoms with E-state index in [9.17, 15) is 17.6 Å². The molecule has 1 saturated heterocycles. The highest BCUT2D eigenvalue weighted by Crippen LogP contribution is 2.26. The van der Waals surface area contributed by atoms with E-state index in [0.717, 1.165) is 4.31 Å². The van der Waals surface area contributed by atoms with E-state index < -0.39 is 16.0 Å². The van der Waals surface area contributed by atoms with Crippen LogP contribution in [-0.4, -0.2) is 38.6 Å². The minimum Gasteiger partial charge on any atom is -0.303 e. The summed E-state index contributed by atoms with van der Waals surface area (Å²) in [6.45, 7) is 0.749. The van der Waals surface area contributed by atoms with Gasteiger partial charge in [-0.3, -0.25) is 4.31 Å². The van der Waals surface area contributed by atoms with Crippen molar-refractivity contribution >= 4 is 22.2 Å². The van der Waals surface area contributed by atoms with Gasteiger partial charge in [0, 0.05) is 26.1 Å². The van der Waals surface area contributed by atoms with Crippen molar-refractivity contribution in [1.82, 2.24) is 4.31 Å². The number of para-hydroxylation sites is 1. The minimum absolute atomic E-state index is 0.0540. The van der Waals surface area contributed by atoms with E-state index >= 15 is 0 Å². The molecule has 19 heavy (non-hydrogen) atoms. The number of nitrogens with zero attached hydrogens (tertiary/aromatic N) is 2. The van der Waals surface area contributed by atoms with E-state index in [1.807, 2.05) is 0 Å². The fourth-order valence-corrected chi connectivity index (χ4v) is 3.81. The van der Waals surface area contributed by atoms with Crippen LogP contribution in [0.4, 0.5) is 10.1 Å². The zero-order valence-electron chi connectivity index (χ0n) is 10.3. The highest BCUT2D eigenvalue weighted by Gasteiger charge is 2.34. The molecule has 0 amide bonds. The Labute approximate surface area is 111 Å². The highest BCUT2D eigenvalue weighted by atomic mass is 32.2. The van der Waals surface area contributed by atoms with Crippen LogP contribution in [0.5, 0.6) is 0 Å². The second kappa shape index (κ2) is 5.66. The molecule has 0 bridgehead atoms. The average Bonchev–Trinajstić information content (AvgIpc) is 2.38. The maximum Gasteiger partial charge on any atom is 0.304 e. The third-order valence-electron chi connectivity index (χ3n) is 2.99. The Morgan fingerprint density at radius 2 is 2.00 bits per heavy atom. The minimum atomic E-state index is -3.74. The Morgan fingerprint density at radius 1 is 1.26 bits per heavy atom. The molecule has 0 radical (unpaired) electrons. The molecule has 1 aliphatic heterocycles. The fraction of sp³-hybridized carbons (Fsp3) is 0.417. The number of carbonyl (C=O) groups is 1. The van der Waals surface area contributed by atoms with Crippen molar-refractivity contribution in [2.24, 2.45) is 0 Å². The highest BCUT2D eigenvalue weighted by molar-refractivity contribution is 7.90. The van der Waals surface area contributed by atoms with Gasteiger partial charge in [0.15, 0.2) is 0 Å². The van der Waals surface area contributed by atoms with Gasteiger partial charge in [0.25, 0.3) is 0 Å². The van der Waals surface area contributed by atoms with Crippen molar-refractivity contribution < 1.29 is 17.6 Å². The van der Waals surface area contributed by atoms with Gasteiger partial charge in [0.2, 0.25) is 0 Å². The molecule has 104 valence electrons. The van der Waals surface area contributed by atoms with E-state index in [0.29, 0.717) is 19.3 Å². The van der Waals surface area contributed by atoms with Gasteiger partial charge in [-0.2, -0.15) is 12.7 Å². The SMILES string of the molecule is O=CCCN1CCCN(c2ccccc2F)S1(=O)=O. The van der Waals surface area contributed by atoms with Crippen LogP contribution >= 0.6 is 0 Å². The summed E-state index contributed by atoms with van der Waals surface area (Å²) in [7, 11) is -3.74. The van der Waals surface area contributed by atoms with Gasteiger partial charge >= 0.3 is 10.2 Å². The number of halogens is 1. The molecule has 7 heteroatoms. The van der Waals surface area contributed by atoms with Crippen molar-refractivity contribution in [1.29, 1.82) is 0 Å². The molecule has 0 N–H and O–H groups in total. The molecule has 1 heterocycles. The van der Waals surface area contributed by atoms with Crippen LogP contribution in [0, 0.1) is 5.82 Å². The van der Waals surface area contributed by atoms with Crippen molar-refractivity contribution in [3.05, 3.63) is 30.1 Å². The molecule has 0 unspecified atom stereocenters. The Balaban J connectivity index is 2.31. The van der Waals surface area contributed by atoms with Crippen LogP contribution in [0.1, 0.15) is 12.8 Å². The lowest BCUT2D eigenvalue weighted by molar-refractivity contribution is -0.107. The second-order valence-electron chi connectivity index (χ2n) is 4.24. The van der Waals surface area contributed by atoms with Crippen LogP contribution in [0.3, 0.4) is 0 Å². The number of carbonyl (C=O) groups excluding carboxylic acids is 1. The van der Waals surface area contributed by atoms with Crippen LogP contribution in [0.15, 0.2) is 24.3 Å². The van der Waals surface area contributed by atoms with E-state index in [-0.39, 0.29) is 25.2 Å². The molecule has 0 atom stereocenters. The molecule has 0 aliphatic carbocycles. The summed E-state index contributed by atoms with van der Waals surface area (Å²) in [6, 6.07) is 5.78. The van der Waals surface area contributed by atoms with Gasteiger partial charge in [0.05, 0.1) is 5.69 Å². The molecule has 1 fully saturated rings. The zero-order chi connectivity index (χ0) is 13.9. The van der Waals surface area contributed by atoms with Gasteiger partial charge in [-0.05, 0) is 18.6 Å². The smallest absolute Gasteiger partial charge is 0.303 e. The molecule has 0 aromatic heterocycles. The molecule has 5 nitrogen and oxygen atoms in total. The first-order valence-electron chi connectivity index (χ1n) is 6.03. The lowest BCUT2D eigenvalue weighted by Gasteiger charge is -2.35. The number of benzene rings is 1. The Bertz CT molecular complexity index is 562. The van der Waals surface area contributed by atoms with E-state index in [1.165, 1.54) is 22.5 Å². The quantitative estimate of drug-likeness (QED) is 0.781. The van der Waals surface area contributed by atoms with Gasteiger partial charge < -0.3 is 4.79 Å². The molecular weight excluding hydrogens is 271 g/mol. The Hall–Kier alpha value is -1.47. The predicted molar refractivity (Wildman–Crippen MR) is 69.5 cm³/mol. The number of hydrogen-bond donors (Lipinski definition) is 0. The largest absolute Gasteiger partial charge is 0.304 e. The number of hydrogen-bond acceptors (Lipinski definition) is 3. The van der Waals surface area contributed by atoms with Gasteiger partial charge in [-0.1, -0.05) is 12.1 Å². The monoisotopic (exact) mass is 286 g/mol. The Morgan fingerprint density at radius 3 is 2.68 bits per heavy atom. The van der Waals surface area contributed by atoms with Crippen molar-refractivity contribution in [2.75, 3.05) is 23.9 Å². The molecule has 1 aromatic rings. The van der Waals surface area contributed by atoms with Gasteiger partial charge in [-0.25, -0.2) is 4.39 Å². The van der Waals surface area contributed by atoms with Crippen molar-refractivity contribution in [3.63, 3.8) is 0 Å². The summed E-state index contributed by atoms with van der Waals surface area (Å²) in [5.41, 5.74) is 0.0540. The van der Waals surface area contributed by atoms with E-state index in [4.69, 9.17) is 0 Å². The lowest BCUT2D eigenvalue weighted by Crippen LogP contribution is -2.50. The summed E-state index contributed by atoms with van der Waals surface area (Å²) < 4.78 is 40.7. The van der Waals surface area contributed by atoms with E-state index in [2.05, 4.69) is 0 Å². The van der Waals surface area contributed by atoms with Gasteiger partial charge in [-0.15, -0.1) is 0 Å². The zero-order valence-corrected chi connectivity index (χ0v) is 11.1. The van der Waals surface area contributed by atoms with Crippen molar-refractivity contribution in [2.45, 2.75) is 12.8 Å². The second-order valence-corrected chi connectivity index (χ2v) is 6.09. The fourth-order valence-electron chi connectivity index (χ4n) is 2.08. The maximum absolute atomic E-state index is 13.7. The van der Waals surface area contributed by atoms with Crippen molar-refractivity contribution in [3.8, 4) is 0 Å². The van der Waals surface area contributed by atoms with Crippen LogP contribution in [0.2, 0.25) is 0 Å². The Kier molecular flexibility index (Phi) is 4.16. The predicted octanol–water partition coefficient (Wildman–Crippen LogP) is 1.17. The summed E-state index contributed by atoms with van der Waals surface area (Å²) in [4.78, 5) is 10.4. The van der Waals surface area contributed by atoms with Crippen LogP contribution < -0.4 is 4.31 Å². The van der Waals surface area contributed by atoms with E-state index in [1.54, 1.807) is 6.07 Å². The molecule has 1 aliphatic rings. The van der Waals surface area contributed by atoms with Crippen LogP contribution in [-0.2, 0) is 15.0 Å². The first-order valence-corrected chi connectivity index (χ1v) is 7.43. The first kappa shape index (κ1) is 14.0. The topological polar surface area (TPSA) is 57.7 Å². The molecular formula is C12H15FN2O3S. The number of rotatable bonds is 4.